The van der Waals surface area contributed by atoms with Crippen LogP contribution in [0.5, 0.6) is 0 Å². The number of aromatic nitrogens is 1. The van der Waals surface area contributed by atoms with Gasteiger partial charge in [-0.3, -0.25) is 0 Å². The lowest BCUT2D eigenvalue weighted by molar-refractivity contribution is 0.661. The Kier molecular flexibility index (Phi) is 4.93. The van der Waals surface area contributed by atoms with Gasteiger partial charge < -0.3 is 4.57 Å². The fourth-order valence-corrected chi connectivity index (χ4v) is 8.58. The van der Waals surface area contributed by atoms with Crippen molar-refractivity contribution >= 4 is 59.0 Å². The second kappa shape index (κ2) is 8.67. The lowest BCUT2D eigenvalue weighted by atomic mass is 9.82. The summed E-state index contributed by atoms with van der Waals surface area (Å²) in [5.74, 6) is 0. The van der Waals surface area contributed by atoms with Crippen molar-refractivity contribution in [1.82, 2.24) is 4.57 Å². The molecule has 43 heavy (non-hydrogen) atoms. The first-order valence-electron chi connectivity index (χ1n) is 14.6. The summed E-state index contributed by atoms with van der Waals surface area (Å²) in [6.45, 7) is 12.6. The van der Waals surface area contributed by atoms with Crippen LogP contribution in [0.25, 0.3) is 74.8 Å². The molecule has 2 nitrogen and oxygen atoms in total. The number of benzene rings is 6. The van der Waals surface area contributed by atoms with E-state index < -0.39 is 0 Å². The summed E-state index contributed by atoms with van der Waals surface area (Å²) in [6, 6.07) is 43.8. The fourth-order valence-electron chi connectivity index (χ4n) is 7.43. The maximum absolute atomic E-state index is 7.86. The summed E-state index contributed by atoms with van der Waals surface area (Å²) in [6.07, 6.45) is 0. The van der Waals surface area contributed by atoms with Crippen LogP contribution >= 0.6 is 11.3 Å². The highest BCUT2D eigenvalue weighted by Gasteiger charge is 2.35. The summed E-state index contributed by atoms with van der Waals surface area (Å²) in [4.78, 5) is 3.85. The van der Waals surface area contributed by atoms with E-state index in [9.17, 15) is 0 Å². The third kappa shape index (κ3) is 3.27. The van der Waals surface area contributed by atoms with Crippen LogP contribution in [0.4, 0.5) is 5.69 Å². The molecule has 9 rings (SSSR count). The van der Waals surface area contributed by atoms with Gasteiger partial charge in [0.15, 0.2) is 5.69 Å². The molecular formula is C40H26N2S. The number of para-hydroxylation sites is 2. The van der Waals surface area contributed by atoms with E-state index >= 15 is 0 Å². The molecule has 0 radical (unpaired) electrons. The zero-order valence-corrected chi connectivity index (χ0v) is 24.7. The maximum Gasteiger partial charge on any atom is 0.189 e. The van der Waals surface area contributed by atoms with Crippen LogP contribution in [-0.2, 0) is 5.41 Å². The molecule has 0 unspecified atom stereocenters. The van der Waals surface area contributed by atoms with E-state index in [0.29, 0.717) is 5.69 Å². The monoisotopic (exact) mass is 566 g/mol. The van der Waals surface area contributed by atoms with Gasteiger partial charge in [0.25, 0.3) is 0 Å². The van der Waals surface area contributed by atoms with E-state index in [-0.39, 0.29) is 5.41 Å². The topological polar surface area (TPSA) is 9.29 Å². The highest BCUT2D eigenvalue weighted by Crippen LogP contribution is 2.52. The van der Waals surface area contributed by atoms with Crippen LogP contribution in [0.1, 0.15) is 25.0 Å². The van der Waals surface area contributed by atoms with Crippen LogP contribution < -0.4 is 0 Å². The van der Waals surface area contributed by atoms with E-state index in [1.165, 1.54) is 58.8 Å². The molecule has 1 aliphatic rings. The number of rotatable bonds is 2. The number of thiophene rings is 1. The molecule has 0 bridgehead atoms. The van der Waals surface area contributed by atoms with Crippen molar-refractivity contribution in [3.8, 4) is 27.9 Å². The summed E-state index contributed by atoms with van der Waals surface area (Å²) in [7, 11) is 0. The average molecular weight is 567 g/mol. The minimum Gasteiger partial charge on any atom is -0.310 e. The minimum atomic E-state index is -0.0293. The molecule has 0 N–H and O–H groups in total. The molecule has 202 valence electrons. The molecule has 0 aliphatic heterocycles. The van der Waals surface area contributed by atoms with Crippen LogP contribution in [-0.4, -0.2) is 4.57 Å². The van der Waals surface area contributed by atoms with Crippen molar-refractivity contribution < 1.29 is 0 Å². The maximum atomic E-state index is 7.86. The molecule has 3 heteroatoms. The largest absolute Gasteiger partial charge is 0.310 e. The van der Waals surface area contributed by atoms with Gasteiger partial charge in [-0.25, -0.2) is 4.85 Å². The molecule has 2 aromatic heterocycles. The molecule has 0 fully saturated rings. The second-order valence-corrected chi connectivity index (χ2v) is 13.1. The quantitative estimate of drug-likeness (QED) is 0.184. The van der Waals surface area contributed by atoms with Crippen LogP contribution in [0.3, 0.4) is 0 Å². The SMILES string of the molecule is [C-]#[N+]c1ccc(-c2cccc3sc4cc5c(cc4c23)-c2ccccc2C5(C)C)c(-n2c3ccccc3c3ccccc32)c1. The zero-order chi connectivity index (χ0) is 28.9. The molecule has 0 saturated carbocycles. The van der Waals surface area contributed by atoms with Crippen molar-refractivity contribution in [3.63, 3.8) is 0 Å². The summed E-state index contributed by atoms with van der Waals surface area (Å²) in [5, 5.41) is 5.01. The van der Waals surface area contributed by atoms with Gasteiger partial charge in [-0.1, -0.05) is 98.8 Å². The Morgan fingerprint density at radius 1 is 0.581 bits per heavy atom. The van der Waals surface area contributed by atoms with Crippen molar-refractivity contribution in [3.05, 3.63) is 144 Å². The van der Waals surface area contributed by atoms with Crippen LogP contribution in [0, 0.1) is 6.57 Å². The lowest BCUT2D eigenvalue weighted by Gasteiger charge is -2.21. The Labute approximate surface area is 253 Å². The van der Waals surface area contributed by atoms with Gasteiger partial charge in [0.05, 0.1) is 17.6 Å². The van der Waals surface area contributed by atoms with Crippen molar-refractivity contribution in [2.75, 3.05) is 0 Å². The number of nitrogens with zero attached hydrogens (tertiary/aromatic N) is 2. The molecular weight excluding hydrogens is 541 g/mol. The molecule has 1 aliphatic carbocycles. The standard InChI is InChI=1S/C40H26N2S/c1-40(2)32-15-7-4-11-25(32)30-22-31-38(23-33(30)40)43-37-18-10-14-29(39(31)37)28-20-19-24(41-3)21-36(28)42-34-16-8-5-12-26(34)27-13-6-9-17-35(27)42/h4-23H,1-2H3. The Morgan fingerprint density at radius 2 is 1.28 bits per heavy atom. The van der Waals surface area contributed by atoms with Crippen LogP contribution in [0.15, 0.2) is 121 Å². The lowest BCUT2D eigenvalue weighted by Crippen LogP contribution is -2.14. The van der Waals surface area contributed by atoms with Gasteiger partial charge >= 0.3 is 0 Å². The van der Waals surface area contributed by atoms with E-state index in [1.807, 2.05) is 17.4 Å². The highest BCUT2D eigenvalue weighted by atomic mass is 32.1. The van der Waals surface area contributed by atoms with Crippen LogP contribution in [0.2, 0.25) is 0 Å². The molecule has 0 spiro atoms. The second-order valence-electron chi connectivity index (χ2n) is 12.0. The minimum absolute atomic E-state index is 0.0293. The molecule has 6 aromatic carbocycles. The van der Waals surface area contributed by atoms with Crippen molar-refractivity contribution in [2.45, 2.75) is 19.3 Å². The average Bonchev–Trinajstić information content (AvgIpc) is 3.66. The predicted molar refractivity (Wildman–Crippen MR) is 183 cm³/mol. The van der Waals surface area contributed by atoms with Gasteiger partial charge in [-0.2, -0.15) is 0 Å². The van der Waals surface area contributed by atoms with E-state index in [2.05, 4.69) is 139 Å². The van der Waals surface area contributed by atoms with E-state index in [4.69, 9.17) is 6.57 Å². The van der Waals surface area contributed by atoms with E-state index in [0.717, 1.165) is 22.3 Å². The number of hydrogen-bond donors (Lipinski definition) is 0. The Morgan fingerprint density at radius 3 is 2.05 bits per heavy atom. The highest BCUT2D eigenvalue weighted by molar-refractivity contribution is 7.26. The number of fused-ring (bicyclic) bond motifs is 9. The fraction of sp³-hybridized carbons (Fsp3) is 0.0750. The normalized spacial score (nSPS) is 13.5. The Bertz CT molecular complexity index is 2450. The number of hydrogen-bond acceptors (Lipinski definition) is 1. The van der Waals surface area contributed by atoms with Gasteiger partial charge in [0, 0.05) is 47.6 Å². The van der Waals surface area contributed by atoms with Crippen molar-refractivity contribution in [2.24, 2.45) is 0 Å². The first-order chi connectivity index (χ1) is 21.0. The van der Waals surface area contributed by atoms with Gasteiger partial charge in [-0.15, -0.1) is 11.3 Å². The summed E-state index contributed by atoms with van der Waals surface area (Å²) in [5.41, 5.74) is 11.7. The van der Waals surface area contributed by atoms with Gasteiger partial charge in [0.2, 0.25) is 0 Å². The first-order valence-corrected chi connectivity index (χ1v) is 15.5. The Hall–Kier alpha value is -5.17. The molecule has 0 atom stereocenters. The molecule has 2 heterocycles. The van der Waals surface area contributed by atoms with Gasteiger partial charge in [0.1, 0.15) is 0 Å². The predicted octanol–water partition coefficient (Wildman–Crippen LogP) is 11.7. The van der Waals surface area contributed by atoms with Gasteiger partial charge in [-0.05, 0) is 64.2 Å². The Balaban J connectivity index is 1.38. The van der Waals surface area contributed by atoms with Crippen molar-refractivity contribution in [1.29, 1.82) is 0 Å². The summed E-state index contributed by atoms with van der Waals surface area (Å²) >= 11 is 1.88. The third-order valence-corrected chi connectivity index (χ3v) is 10.5. The molecule has 0 amide bonds. The summed E-state index contributed by atoms with van der Waals surface area (Å²) < 4.78 is 4.95. The molecule has 0 saturated heterocycles. The smallest absolute Gasteiger partial charge is 0.189 e. The first kappa shape index (κ1) is 24.4. The van der Waals surface area contributed by atoms with E-state index in [1.54, 1.807) is 0 Å². The molecule has 8 aromatic rings. The third-order valence-electron chi connectivity index (χ3n) is 9.42. The zero-order valence-electron chi connectivity index (χ0n) is 23.8.